The number of ether oxygens (including phenoxy) is 1. The molecule has 0 fully saturated rings. The van der Waals surface area contributed by atoms with Gasteiger partial charge in [-0.2, -0.15) is 5.10 Å². The molecule has 0 spiro atoms. The van der Waals surface area contributed by atoms with Crippen molar-refractivity contribution in [3.63, 3.8) is 0 Å². The van der Waals surface area contributed by atoms with Gasteiger partial charge in [0.2, 0.25) is 11.8 Å². The molecule has 2 amide bonds. The molecule has 0 saturated heterocycles. The molecule has 7 nitrogen and oxygen atoms in total. The minimum atomic E-state index is -0.224. The molecular formula is C30H30N4O3. The average molecular weight is 495 g/mol. The number of aromatic nitrogens is 1. The van der Waals surface area contributed by atoms with Crippen molar-refractivity contribution in [3.05, 3.63) is 102 Å². The Kier molecular flexibility index (Phi) is 7.31. The second kappa shape index (κ2) is 11.1. The zero-order valence-electron chi connectivity index (χ0n) is 20.8. The number of hydrogen-bond acceptors (Lipinski definition) is 4. The number of hydrazone groups is 1. The Balaban J connectivity index is 1.21. The number of para-hydroxylation sites is 1. The third-order valence-electron chi connectivity index (χ3n) is 6.73. The third kappa shape index (κ3) is 5.56. The fourth-order valence-electron chi connectivity index (χ4n) is 4.73. The van der Waals surface area contributed by atoms with E-state index in [-0.39, 0.29) is 30.7 Å². The van der Waals surface area contributed by atoms with Gasteiger partial charge in [-0.15, -0.1) is 0 Å². The van der Waals surface area contributed by atoms with Gasteiger partial charge in [0.05, 0.1) is 18.9 Å². The van der Waals surface area contributed by atoms with Gasteiger partial charge in [-0.05, 0) is 41.3 Å². The summed E-state index contributed by atoms with van der Waals surface area (Å²) >= 11 is 0. The number of rotatable bonds is 9. The third-order valence-corrected chi connectivity index (χ3v) is 6.73. The second-order valence-corrected chi connectivity index (χ2v) is 9.10. The average Bonchev–Trinajstić information content (AvgIpc) is 3.58. The monoisotopic (exact) mass is 494 g/mol. The first kappa shape index (κ1) is 24.3. The van der Waals surface area contributed by atoms with Crippen LogP contribution in [0.5, 0.6) is 5.75 Å². The van der Waals surface area contributed by atoms with Crippen LogP contribution in [0, 0.1) is 0 Å². The fourth-order valence-corrected chi connectivity index (χ4v) is 4.73. The molecule has 1 aliphatic heterocycles. The first-order valence-electron chi connectivity index (χ1n) is 12.5. The van der Waals surface area contributed by atoms with Crippen LogP contribution in [-0.4, -0.2) is 41.2 Å². The van der Waals surface area contributed by atoms with Gasteiger partial charge in [0.25, 0.3) is 0 Å². The molecule has 1 atom stereocenters. The van der Waals surface area contributed by atoms with Crippen LogP contribution >= 0.6 is 0 Å². The van der Waals surface area contributed by atoms with Crippen molar-refractivity contribution in [3.8, 4) is 5.75 Å². The van der Waals surface area contributed by atoms with Crippen LogP contribution in [0.4, 0.5) is 0 Å². The number of nitrogens with zero attached hydrogens (tertiary/aromatic N) is 2. The van der Waals surface area contributed by atoms with Crippen molar-refractivity contribution in [2.75, 3.05) is 13.7 Å². The maximum atomic E-state index is 13.3. The predicted octanol–water partition coefficient (Wildman–Crippen LogP) is 4.99. The first-order chi connectivity index (χ1) is 18.1. The number of amides is 2. The molecule has 7 heteroatoms. The number of carbonyl (C=O) groups is 2. The highest BCUT2D eigenvalue weighted by Crippen LogP contribution is 2.34. The van der Waals surface area contributed by atoms with E-state index >= 15 is 0 Å². The zero-order chi connectivity index (χ0) is 25.6. The lowest BCUT2D eigenvalue weighted by atomic mass is 9.98. The highest BCUT2D eigenvalue weighted by atomic mass is 16.5. The Labute approximate surface area is 216 Å². The van der Waals surface area contributed by atoms with E-state index in [2.05, 4.69) is 16.4 Å². The van der Waals surface area contributed by atoms with Crippen LogP contribution in [0.15, 0.2) is 90.2 Å². The van der Waals surface area contributed by atoms with Crippen LogP contribution < -0.4 is 10.1 Å². The molecule has 0 saturated carbocycles. The number of carbonyl (C=O) groups excluding carboxylic acids is 2. The lowest BCUT2D eigenvalue weighted by Gasteiger charge is -2.22. The largest absolute Gasteiger partial charge is 0.497 e. The summed E-state index contributed by atoms with van der Waals surface area (Å²) in [7, 11) is 1.63. The molecule has 37 heavy (non-hydrogen) atoms. The summed E-state index contributed by atoms with van der Waals surface area (Å²) in [5.41, 5.74) is 5.08. The molecule has 4 aromatic rings. The van der Waals surface area contributed by atoms with Crippen molar-refractivity contribution in [2.24, 2.45) is 5.10 Å². The highest BCUT2D eigenvalue weighted by Gasteiger charge is 2.33. The van der Waals surface area contributed by atoms with Crippen LogP contribution in [-0.2, 0) is 16.0 Å². The lowest BCUT2D eigenvalue weighted by molar-refractivity contribution is -0.135. The summed E-state index contributed by atoms with van der Waals surface area (Å²) in [5.74, 6) is 0.451. The minimum absolute atomic E-state index is 0.0944. The number of fused-ring (bicyclic) bond motifs is 1. The summed E-state index contributed by atoms with van der Waals surface area (Å²) in [5, 5.41) is 10.4. The minimum Gasteiger partial charge on any atom is -0.497 e. The molecule has 0 radical (unpaired) electrons. The van der Waals surface area contributed by atoms with E-state index in [1.165, 1.54) is 0 Å². The molecule has 3 aromatic carbocycles. The van der Waals surface area contributed by atoms with E-state index in [9.17, 15) is 9.59 Å². The quantitative estimate of drug-likeness (QED) is 0.344. The second-order valence-electron chi connectivity index (χ2n) is 9.10. The normalized spacial score (nSPS) is 15.0. The Hall–Kier alpha value is -4.39. The standard InChI is InChI=1S/C30H30N4O3/c1-37-24-13-11-22(12-14-24)28-19-27(21-7-3-2-4-8-21)33-34(28)30(36)16-15-29(35)31-18-17-23-20-32-26-10-6-5-9-25(23)26/h2-14,20,28,32H,15-19H2,1H3,(H,31,35)/t28-/m0/s1. The highest BCUT2D eigenvalue weighted by molar-refractivity contribution is 6.03. The number of hydrogen-bond donors (Lipinski definition) is 2. The lowest BCUT2D eigenvalue weighted by Crippen LogP contribution is -2.30. The Morgan fingerprint density at radius 3 is 2.54 bits per heavy atom. The Morgan fingerprint density at radius 1 is 1.00 bits per heavy atom. The van der Waals surface area contributed by atoms with Gasteiger partial charge in [-0.3, -0.25) is 9.59 Å². The summed E-state index contributed by atoms with van der Waals surface area (Å²) in [6.07, 6.45) is 3.53. The number of H-pyrrole nitrogens is 1. The maximum absolute atomic E-state index is 13.3. The van der Waals surface area contributed by atoms with Crippen molar-refractivity contribution >= 4 is 28.4 Å². The number of nitrogens with one attached hydrogen (secondary N) is 2. The maximum Gasteiger partial charge on any atom is 0.243 e. The van der Waals surface area contributed by atoms with Crippen LogP contribution in [0.2, 0.25) is 0 Å². The number of methoxy groups -OCH3 is 1. The number of benzene rings is 3. The van der Waals surface area contributed by atoms with Gasteiger partial charge < -0.3 is 15.0 Å². The predicted molar refractivity (Wildman–Crippen MR) is 144 cm³/mol. The molecule has 1 aliphatic rings. The van der Waals surface area contributed by atoms with E-state index < -0.39 is 0 Å². The fraction of sp³-hybridized carbons (Fsp3) is 0.233. The van der Waals surface area contributed by atoms with Crippen molar-refractivity contribution < 1.29 is 14.3 Å². The molecule has 0 aliphatic carbocycles. The molecular weight excluding hydrogens is 464 g/mol. The molecule has 2 heterocycles. The van der Waals surface area contributed by atoms with E-state index in [0.717, 1.165) is 45.5 Å². The summed E-state index contributed by atoms with van der Waals surface area (Å²) in [4.78, 5) is 29.0. The molecule has 0 unspecified atom stereocenters. The first-order valence-corrected chi connectivity index (χ1v) is 12.5. The SMILES string of the molecule is COc1ccc([C@@H]2CC(c3ccccc3)=NN2C(=O)CCC(=O)NCCc2c[nH]c3ccccc23)cc1. The van der Waals surface area contributed by atoms with Crippen LogP contribution in [0.25, 0.3) is 10.9 Å². The van der Waals surface area contributed by atoms with Gasteiger partial charge >= 0.3 is 0 Å². The van der Waals surface area contributed by atoms with Crippen molar-refractivity contribution in [1.82, 2.24) is 15.3 Å². The molecule has 188 valence electrons. The molecule has 2 N–H and O–H groups in total. The van der Waals surface area contributed by atoms with Crippen LogP contribution in [0.3, 0.4) is 0 Å². The van der Waals surface area contributed by atoms with E-state index in [0.29, 0.717) is 13.0 Å². The zero-order valence-corrected chi connectivity index (χ0v) is 20.8. The van der Waals surface area contributed by atoms with Gasteiger partial charge in [0.15, 0.2) is 0 Å². The molecule has 1 aromatic heterocycles. The van der Waals surface area contributed by atoms with Gasteiger partial charge in [-0.25, -0.2) is 5.01 Å². The topological polar surface area (TPSA) is 86.8 Å². The van der Waals surface area contributed by atoms with E-state index in [1.807, 2.05) is 79.0 Å². The smallest absolute Gasteiger partial charge is 0.243 e. The van der Waals surface area contributed by atoms with Crippen LogP contribution in [0.1, 0.15) is 42.0 Å². The number of aromatic amines is 1. The van der Waals surface area contributed by atoms with Crippen molar-refractivity contribution in [2.45, 2.75) is 31.7 Å². The van der Waals surface area contributed by atoms with Gasteiger partial charge in [0.1, 0.15) is 5.75 Å². The van der Waals surface area contributed by atoms with E-state index in [4.69, 9.17) is 9.84 Å². The van der Waals surface area contributed by atoms with Gasteiger partial charge in [0, 0.05) is 42.9 Å². The summed E-state index contributed by atoms with van der Waals surface area (Å²) in [6, 6.07) is 25.5. The van der Waals surface area contributed by atoms with Gasteiger partial charge in [-0.1, -0.05) is 60.7 Å². The Morgan fingerprint density at radius 2 is 1.76 bits per heavy atom. The molecule has 0 bridgehead atoms. The molecule has 5 rings (SSSR count). The summed E-state index contributed by atoms with van der Waals surface area (Å²) in [6.45, 7) is 0.517. The summed E-state index contributed by atoms with van der Waals surface area (Å²) < 4.78 is 5.28. The van der Waals surface area contributed by atoms with Crippen molar-refractivity contribution in [1.29, 1.82) is 0 Å². The Bertz CT molecular complexity index is 1410. The van der Waals surface area contributed by atoms with E-state index in [1.54, 1.807) is 12.1 Å².